The summed E-state index contributed by atoms with van der Waals surface area (Å²) in [5, 5.41) is 37.5. The summed E-state index contributed by atoms with van der Waals surface area (Å²) in [4.78, 5) is 24.1. The molecule has 2 rings (SSSR count). The quantitative estimate of drug-likeness (QED) is 0.196. The Morgan fingerprint density at radius 3 is 1.17 bits per heavy atom. The lowest BCUT2D eigenvalue weighted by molar-refractivity contribution is 0.0970. The van der Waals surface area contributed by atoms with Crippen molar-refractivity contribution in [2.75, 3.05) is 0 Å². The molecule has 162 valence electrons. The SMILES string of the molecule is O=C(CCCCCCCCCCC(=O)c1ccc(O)c(O)c1)c1ccc(O)c(O)c1. The molecule has 0 aromatic heterocycles. The molecule has 6 nitrogen and oxygen atoms in total. The molecule has 2 aromatic rings. The second kappa shape index (κ2) is 11.9. The van der Waals surface area contributed by atoms with Gasteiger partial charge in [-0.05, 0) is 49.2 Å². The minimum Gasteiger partial charge on any atom is -0.504 e. The molecule has 0 aliphatic heterocycles. The van der Waals surface area contributed by atoms with Gasteiger partial charge in [0.2, 0.25) is 0 Å². The average molecular weight is 414 g/mol. The fourth-order valence-corrected chi connectivity index (χ4v) is 3.31. The maximum atomic E-state index is 12.1. The van der Waals surface area contributed by atoms with Crippen LogP contribution in [0.2, 0.25) is 0 Å². The summed E-state index contributed by atoms with van der Waals surface area (Å²) < 4.78 is 0. The second-order valence-corrected chi connectivity index (χ2v) is 7.58. The van der Waals surface area contributed by atoms with E-state index in [1.165, 1.54) is 36.4 Å². The van der Waals surface area contributed by atoms with Gasteiger partial charge in [0.25, 0.3) is 0 Å². The van der Waals surface area contributed by atoms with Gasteiger partial charge in [0.1, 0.15) is 0 Å². The maximum Gasteiger partial charge on any atom is 0.163 e. The molecule has 0 aliphatic carbocycles. The molecule has 0 radical (unpaired) electrons. The Labute approximate surface area is 176 Å². The van der Waals surface area contributed by atoms with Gasteiger partial charge in [0.15, 0.2) is 34.6 Å². The Kier molecular flexibility index (Phi) is 9.19. The van der Waals surface area contributed by atoms with E-state index in [1.807, 2.05) is 0 Å². The topological polar surface area (TPSA) is 115 Å². The van der Waals surface area contributed by atoms with Crippen LogP contribution in [0.4, 0.5) is 0 Å². The number of phenols is 4. The Morgan fingerprint density at radius 2 is 0.833 bits per heavy atom. The molecule has 6 heteroatoms. The van der Waals surface area contributed by atoms with Crippen LogP contribution in [0, 0.1) is 0 Å². The maximum absolute atomic E-state index is 12.1. The third-order valence-corrected chi connectivity index (χ3v) is 5.15. The molecular formula is C24H30O6. The third kappa shape index (κ3) is 7.43. The molecule has 0 amide bonds. The summed E-state index contributed by atoms with van der Waals surface area (Å²) in [7, 11) is 0. The zero-order valence-corrected chi connectivity index (χ0v) is 17.1. The van der Waals surface area contributed by atoms with Gasteiger partial charge in [-0.15, -0.1) is 0 Å². The molecule has 0 fully saturated rings. The van der Waals surface area contributed by atoms with Crippen LogP contribution in [0.25, 0.3) is 0 Å². The van der Waals surface area contributed by atoms with E-state index in [0.29, 0.717) is 24.0 Å². The van der Waals surface area contributed by atoms with Crippen LogP contribution in [-0.4, -0.2) is 32.0 Å². The van der Waals surface area contributed by atoms with Crippen molar-refractivity contribution in [1.29, 1.82) is 0 Å². The highest BCUT2D eigenvalue weighted by molar-refractivity contribution is 5.97. The van der Waals surface area contributed by atoms with Crippen molar-refractivity contribution in [3.05, 3.63) is 47.5 Å². The van der Waals surface area contributed by atoms with Crippen molar-refractivity contribution in [2.24, 2.45) is 0 Å². The lowest BCUT2D eigenvalue weighted by Gasteiger charge is -2.05. The van der Waals surface area contributed by atoms with E-state index in [2.05, 4.69) is 0 Å². The smallest absolute Gasteiger partial charge is 0.163 e. The van der Waals surface area contributed by atoms with Crippen LogP contribution in [0.1, 0.15) is 84.9 Å². The van der Waals surface area contributed by atoms with Gasteiger partial charge in [0.05, 0.1) is 0 Å². The third-order valence-electron chi connectivity index (χ3n) is 5.15. The van der Waals surface area contributed by atoms with Crippen LogP contribution >= 0.6 is 0 Å². The molecule has 0 unspecified atom stereocenters. The molecule has 30 heavy (non-hydrogen) atoms. The summed E-state index contributed by atoms with van der Waals surface area (Å²) in [6.45, 7) is 0. The van der Waals surface area contributed by atoms with Gasteiger partial charge >= 0.3 is 0 Å². The van der Waals surface area contributed by atoms with Gasteiger partial charge in [-0.25, -0.2) is 0 Å². The molecule has 0 bridgehead atoms. The number of unbranched alkanes of at least 4 members (excludes halogenated alkanes) is 7. The molecule has 0 spiro atoms. The number of aromatic hydroxyl groups is 4. The van der Waals surface area contributed by atoms with E-state index in [-0.39, 0.29) is 34.6 Å². The lowest BCUT2D eigenvalue weighted by Crippen LogP contribution is -1.99. The van der Waals surface area contributed by atoms with E-state index in [4.69, 9.17) is 0 Å². The number of carbonyl (C=O) groups is 2. The summed E-state index contributed by atoms with van der Waals surface area (Å²) in [5.41, 5.74) is 0.838. The first-order valence-electron chi connectivity index (χ1n) is 10.5. The van der Waals surface area contributed by atoms with E-state index in [0.717, 1.165) is 51.4 Å². The Hall–Kier alpha value is -3.02. The molecule has 0 aliphatic rings. The normalized spacial score (nSPS) is 10.8. The van der Waals surface area contributed by atoms with Crippen LogP contribution in [0.5, 0.6) is 23.0 Å². The lowest BCUT2D eigenvalue weighted by atomic mass is 10.0. The largest absolute Gasteiger partial charge is 0.504 e. The fourth-order valence-electron chi connectivity index (χ4n) is 3.31. The fraction of sp³-hybridized carbons (Fsp3) is 0.417. The first kappa shape index (κ1) is 23.3. The summed E-state index contributed by atoms with van der Waals surface area (Å²) in [5.74, 6) is -1.06. The number of benzene rings is 2. The van der Waals surface area contributed by atoms with Gasteiger partial charge in [0, 0.05) is 24.0 Å². The Bertz CT molecular complexity index is 787. The Morgan fingerprint density at radius 1 is 0.500 bits per heavy atom. The predicted molar refractivity (Wildman–Crippen MR) is 114 cm³/mol. The van der Waals surface area contributed by atoms with Crippen molar-refractivity contribution < 1.29 is 30.0 Å². The van der Waals surface area contributed by atoms with Gasteiger partial charge in [-0.3, -0.25) is 9.59 Å². The number of rotatable bonds is 13. The van der Waals surface area contributed by atoms with E-state index < -0.39 is 0 Å². The van der Waals surface area contributed by atoms with Crippen LogP contribution < -0.4 is 0 Å². The second-order valence-electron chi connectivity index (χ2n) is 7.58. The highest BCUT2D eigenvalue weighted by Gasteiger charge is 2.10. The van der Waals surface area contributed by atoms with Crippen molar-refractivity contribution >= 4 is 11.6 Å². The average Bonchev–Trinajstić information content (AvgIpc) is 2.73. The van der Waals surface area contributed by atoms with Gasteiger partial charge < -0.3 is 20.4 Å². The zero-order valence-electron chi connectivity index (χ0n) is 17.1. The van der Waals surface area contributed by atoms with Crippen molar-refractivity contribution in [2.45, 2.75) is 64.2 Å². The first-order chi connectivity index (χ1) is 14.4. The zero-order chi connectivity index (χ0) is 21.9. The van der Waals surface area contributed by atoms with Crippen molar-refractivity contribution in [1.82, 2.24) is 0 Å². The first-order valence-corrected chi connectivity index (χ1v) is 10.5. The standard InChI is InChI=1S/C24H30O6/c25-19(17-11-13-21(27)23(29)15-17)9-7-5-3-1-2-4-6-8-10-20(26)18-12-14-22(28)24(30)16-18/h11-16,27-30H,1-10H2. The molecule has 0 heterocycles. The van der Waals surface area contributed by atoms with Gasteiger partial charge in [-0.1, -0.05) is 38.5 Å². The Balaban J connectivity index is 1.49. The monoisotopic (exact) mass is 414 g/mol. The molecule has 4 N–H and O–H groups in total. The number of hydrogen-bond donors (Lipinski definition) is 4. The van der Waals surface area contributed by atoms with Crippen molar-refractivity contribution in [3.63, 3.8) is 0 Å². The van der Waals surface area contributed by atoms with Gasteiger partial charge in [-0.2, -0.15) is 0 Å². The molecule has 0 atom stereocenters. The highest BCUT2D eigenvalue weighted by atomic mass is 16.3. The summed E-state index contributed by atoms with van der Waals surface area (Å²) >= 11 is 0. The van der Waals surface area contributed by atoms with Crippen molar-refractivity contribution in [3.8, 4) is 23.0 Å². The van der Waals surface area contributed by atoms with E-state index in [1.54, 1.807) is 0 Å². The van der Waals surface area contributed by atoms with E-state index >= 15 is 0 Å². The highest BCUT2D eigenvalue weighted by Crippen LogP contribution is 2.26. The van der Waals surface area contributed by atoms with Crippen LogP contribution in [0.15, 0.2) is 36.4 Å². The molecule has 0 saturated heterocycles. The van der Waals surface area contributed by atoms with Crippen LogP contribution in [0.3, 0.4) is 0 Å². The number of carbonyl (C=O) groups excluding carboxylic acids is 2. The van der Waals surface area contributed by atoms with E-state index in [9.17, 15) is 30.0 Å². The minimum atomic E-state index is -0.274. The summed E-state index contributed by atoms with van der Waals surface area (Å²) in [6.07, 6.45) is 8.69. The molecule has 2 aromatic carbocycles. The number of phenolic OH excluding ortho intramolecular Hbond substituents is 4. The number of Topliss-reactive ketones (excluding diaryl/α,β-unsaturated/α-hetero) is 2. The minimum absolute atomic E-state index is 0.0306. The molecule has 0 saturated carbocycles. The number of hydrogen-bond acceptors (Lipinski definition) is 6. The van der Waals surface area contributed by atoms with Crippen LogP contribution in [-0.2, 0) is 0 Å². The summed E-state index contributed by atoms with van der Waals surface area (Å²) in [6, 6.07) is 8.29. The number of ketones is 2. The predicted octanol–water partition coefficient (Wildman–Crippen LogP) is 5.48. The molecular weight excluding hydrogens is 384 g/mol.